The molecule has 0 spiro atoms. The van der Waals surface area contributed by atoms with Crippen LogP contribution in [0.2, 0.25) is 0 Å². The molecule has 1 saturated carbocycles. The van der Waals surface area contributed by atoms with Crippen LogP contribution >= 0.6 is 0 Å². The van der Waals surface area contributed by atoms with Crippen molar-refractivity contribution in [3.8, 4) is 11.3 Å². The van der Waals surface area contributed by atoms with Crippen molar-refractivity contribution in [3.63, 3.8) is 0 Å². The Morgan fingerprint density at radius 1 is 1.15 bits per heavy atom. The number of aryl methyl sites for hydroxylation is 2. The lowest BCUT2D eigenvalue weighted by atomic mass is 9.99. The number of amides is 1. The predicted octanol–water partition coefficient (Wildman–Crippen LogP) is 3.52. The van der Waals surface area contributed by atoms with E-state index >= 15 is 0 Å². The molecule has 138 valence electrons. The number of nitrogens with zero attached hydrogens (tertiary/aromatic N) is 2. The summed E-state index contributed by atoms with van der Waals surface area (Å²) in [6, 6.07) is 13.2. The lowest BCUT2D eigenvalue weighted by Crippen LogP contribution is -2.38. The van der Waals surface area contributed by atoms with Gasteiger partial charge in [0.05, 0.1) is 11.1 Å². The summed E-state index contributed by atoms with van der Waals surface area (Å²) in [5.41, 5.74) is 3.68. The first-order chi connectivity index (χ1) is 13.0. The van der Waals surface area contributed by atoms with E-state index in [2.05, 4.69) is 28.6 Å². The van der Waals surface area contributed by atoms with Crippen LogP contribution in [0.25, 0.3) is 22.0 Å². The highest BCUT2D eigenvalue weighted by Gasteiger charge is 2.28. The molecule has 5 nitrogen and oxygen atoms in total. The molecule has 1 aromatic heterocycles. The smallest absolute Gasteiger partial charge is 0.275 e. The van der Waals surface area contributed by atoms with Gasteiger partial charge in [-0.25, -0.2) is 4.68 Å². The van der Waals surface area contributed by atoms with E-state index in [1.54, 1.807) is 13.0 Å². The fourth-order valence-electron chi connectivity index (χ4n) is 3.32. The van der Waals surface area contributed by atoms with E-state index in [1.165, 1.54) is 4.68 Å². The highest BCUT2D eigenvalue weighted by molar-refractivity contribution is 5.94. The SMILES string of the molecule is Cc1ccc(C)c(-c2nn([C@@H](C)C(=O)NC3CC3)c(=O)c3ccccc23)c1. The number of fused-ring (bicyclic) bond motifs is 1. The van der Waals surface area contributed by atoms with E-state index in [0.717, 1.165) is 40.6 Å². The zero-order valence-electron chi connectivity index (χ0n) is 15.8. The average Bonchev–Trinajstić information content (AvgIpc) is 3.48. The molecule has 2 aromatic carbocycles. The van der Waals surface area contributed by atoms with Crippen LogP contribution in [0.15, 0.2) is 47.3 Å². The minimum Gasteiger partial charge on any atom is -0.352 e. The Morgan fingerprint density at radius 3 is 2.56 bits per heavy atom. The van der Waals surface area contributed by atoms with Crippen LogP contribution in [0, 0.1) is 13.8 Å². The van der Waals surface area contributed by atoms with Gasteiger partial charge < -0.3 is 5.32 Å². The zero-order chi connectivity index (χ0) is 19.1. The number of rotatable bonds is 4. The normalized spacial score (nSPS) is 14.9. The maximum Gasteiger partial charge on any atom is 0.275 e. The second-order valence-corrected chi connectivity index (χ2v) is 7.42. The number of hydrogen-bond donors (Lipinski definition) is 1. The van der Waals surface area contributed by atoms with E-state index in [9.17, 15) is 9.59 Å². The molecule has 1 aliphatic carbocycles. The summed E-state index contributed by atoms with van der Waals surface area (Å²) in [5.74, 6) is -0.158. The first-order valence-corrected chi connectivity index (χ1v) is 9.35. The molecule has 4 rings (SSSR count). The highest BCUT2D eigenvalue weighted by Crippen LogP contribution is 2.29. The van der Waals surface area contributed by atoms with Crippen molar-refractivity contribution < 1.29 is 4.79 Å². The third kappa shape index (κ3) is 3.25. The molecule has 0 radical (unpaired) electrons. The van der Waals surface area contributed by atoms with Gasteiger partial charge in [0.1, 0.15) is 6.04 Å². The number of carbonyl (C=O) groups is 1. The molecule has 0 aliphatic heterocycles. The van der Waals surface area contributed by atoms with E-state index in [4.69, 9.17) is 0 Å². The molecule has 1 heterocycles. The fraction of sp³-hybridized carbons (Fsp3) is 0.318. The number of hydrogen-bond acceptors (Lipinski definition) is 3. The van der Waals surface area contributed by atoms with Crippen LogP contribution < -0.4 is 10.9 Å². The van der Waals surface area contributed by atoms with Crippen LogP contribution in [0.5, 0.6) is 0 Å². The van der Waals surface area contributed by atoms with Crippen LogP contribution in [0.1, 0.15) is 36.9 Å². The van der Waals surface area contributed by atoms with Crippen molar-refractivity contribution in [1.82, 2.24) is 15.1 Å². The Morgan fingerprint density at radius 2 is 1.85 bits per heavy atom. The minimum atomic E-state index is -0.661. The van der Waals surface area contributed by atoms with Gasteiger partial charge in [0, 0.05) is 17.0 Å². The average molecular weight is 361 g/mol. The zero-order valence-corrected chi connectivity index (χ0v) is 15.8. The quantitative estimate of drug-likeness (QED) is 0.773. The molecule has 5 heteroatoms. The third-order valence-electron chi connectivity index (χ3n) is 5.15. The molecule has 1 N–H and O–H groups in total. The molecular weight excluding hydrogens is 338 g/mol. The lowest BCUT2D eigenvalue weighted by molar-refractivity contribution is -0.124. The summed E-state index contributed by atoms with van der Waals surface area (Å²) in [7, 11) is 0. The lowest BCUT2D eigenvalue weighted by Gasteiger charge is -2.17. The molecule has 27 heavy (non-hydrogen) atoms. The van der Waals surface area contributed by atoms with Gasteiger partial charge in [-0.15, -0.1) is 0 Å². The Bertz CT molecular complexity index is 1100. The van der Waals surface area contributed by atoms with Gasteiger partial charge in [0.2, 0.25) is 5.91 Å². The largest absolute Gasteiger partial charge is 0.352 e. The van der Waals surface area contributed by atoms with Gasteiger partial charge in [-0.05, 0) is 51.3 Å². The Hall–Kier alpha value is -2.95. The van der Waals surface area contributed by atoms with Crippen molar-refractivity contribution in [3.05, 3.63) is 63.9 Å². The number of benzene rings is 2. The van der Waals surface area contributed by atoms with Gasteiger partial charge in [-0.1, -0.05) is 35.9 Å². The summed E-state index contributed by atoms with van der Waals surface area (Å²) in [5, 5.41) is 9.02. The second kappa shape index (κ2) is 6.65. The molecule has 0 bridgehead atoms. The number of aromatic nitrogens is 2. The fourth-order valence-corrected chi connectivity index (χ4v) is 3.32. The van der Waals surface area contributed by atoms with Gasteiger partial charge in [-0.3, -0.25) is 9.59 Å². The van der Waals surface area contributed by atoms with Gasteiger partial charge >= 0.3 is 0 Å². The number of carbonyl (C=O) groups excluding carboxylic acids is 1. The van der Waals surface area contributed by atoms with Crippen LogP contribution in [0.4, 0.5) is 0 Å². The molecule has 1 aliphatic rings. The van der Waals surface area contributed by atoms with Crippen LogP contribution in [-0.4, -0.2) is 21.7 Å². The van der Waals surface area contributed by atoms with Crippen molar-refractivity contribution in [2.45, 2.75) is 45.7 Å². The summed E-state index contributed by atoms with van der Waals surface area (Å²) in [6.07, 6.45) is 2.01. The first kappa shape index (κ1) is 17.5. The van der Waals surface area contributed by atoms with Crippen molar-refractivity contribution in [1.29, 1.82) is 0 Å². The molecule has 1 fully saturated rings. The Balaban J connectivity index is 1.93. The Labute approximate surface area is 158 Å². The Kier molecular flexibility index (Phi) is 4.30. The summed E-state index contributed by atoms with van der Waals surface area (Å²) in [4.78, 5) is 25.6. The van der Waals surface area contributed by atoms with Gasteiger partial charge in [0.25, 0.3) is 5.56 Å². The van der Waals surface area contributed by atoms with Gasteiger partial charge in [-0.2, -0.15) is 5.10 Å². The van der Waals surface area contributed by atoms with Crippen molar-refractivity contribution in [2.75, 3.05) is 0 Å². The van der Waals surface area contributed by atoms with Crippen molar-refractivity contribution >= 4 is 16.7 Å². The first-order valence-electron chi connectivity index (χ1n) is 9.35. The maximum absolute atomic E-state index is 13.0. The van der Waals surface area contributed by atoms with Crippen LogP contribution in [-0.2, 0) is 4.79 Å². The van der Waals surface area contributed by atoms with E-state index in [-0.39, 0.29) is 17.5 Å². The predicted molar refractivity (Wildman–Crippen MR) is 107 cm³/mol. The molecular formula is C22H23N3O2. The standard InChI is InChI=1S/C22H23N3O2/c1-13-8-9-14(2)19(12-13)20-17-6-4-5-7-18(17)22(27)25(24-20)15(3)21(26)23-16-10-11-16/h4-9,12,15-16H,10-11H2,1-3H3,(H,23,26)/t15-/m0/s1. The molecule has 0 unspecified atom stereocenters. The minimum absolute atomic E-state index is 0.158. The van der Waals surface area contributed by atoms with Crippen LogP contribution in [0.3, 0.4) is 0 Å². The number of nitrogens with one attached hydrogen (secondary N) is 1. The second-order valence-electron chi connectivity index (χ2n) is 7.42. The maximum atomic E-state index is 13.0. The monoisotopic (exact) mass is 361 g/mol. The molecule has 0 saturated heterocycles. The molecule has 1 amide bonds. The summed E-state index contributed by atoms with van der Waals surface area (Å²) >= 11 is 0. The van der Waals surface area contributed by atoms with Gasteiger partial charge in [0.15, 0.2) is 0 Å². The van der Waals surface area contributed by atoms with E-state index < -0.39 is 6.04 Å². The highest BCUT2D eigenvalue weighted by atomic mass is 16.2. The van der Waals surface area contributed by atoms with E-state index in [1.807, 2.05) is 32.0 Å². The third-order valence-corrected chi connectivity index (χ3v) is 5.15. The summed E-state index contributed by atoms with van der Waals surface area (Å²) < 4.78 is 1.33. The van der Waals surface area contributed by atoms with E-state index in [0.29, 0.717) is 5.39 Å². The van der Waals surface area contributed by atoms with Crippen molar-refractivity contribution in [2.24, 2.45) is 0 Å². The molecule has 1 atom stereocenters. The molecule has 3 aromatic rings. The topological polar surface area (TPSA) is 64.0 Å². The summed E-state index contributed by atoms with van der Waals surface area (Å²) in [6.45, 7) is 5.80.